The zero-order chi connectivity index (χ0) is 15.1. The number of carbonyl (C=O) groups is 2. The number of hydrogen-bond acceptors (Lipinski definition) is 4. The SMILES string of the molecule is CCN(CC(=O)OC)C(=O)COc1ccc(Cl)c(Cl)c1. The van der Waals surface area contributed by atoms with Crippen LogP contribution in [0, 0.1) is 0 Å². The Kier molecular flexibility index (Phi) is 6.61. The highest BCUT2D eigenvalue weighted by Gasteiger charge is 2.16. The van der Waals surface area contributed by atoms with Crippen LogP contribution in [0.4, 0.5) is 0 Å². The summed E-state index contributed by atoms with van der Waals surface area (Å²) < 4.78 is 9.83. The lowest BCUT2D eigenvalue weighted by Crippen LogP contribution is -2.38. The van der Waals surface area contributed by atoms with Gasteiger partial charge in [-0.25, -0.2) is 0 Å². The van der Waals surface area contributed by atoms with Gasteiger partial charge in [0.25, 0.3) is 5.91 Å². The number of rotatable bonds is 6. The van der Waals surface area contributed by atoms with Crippen molar-refractivity contribution in [3.05, 3.63) is 28.2 Å². The minimum Gasteiger partial charge on any atom is -0.484 e. The average molecular weight is 320 g/mol. The first-order valence-electron chi connectivity index (χ1n) is 5.90. The number of carbonyl (C=O) groups excluding carboxylic acids is 2. The number of nitrogens with zero attached hydrogens (tertiary/aromatic N) is 1. The number of benzene rings is 1. The Morgan fingerprint density at radius 1 is 1.25 bits per heavy atom. The smallest absolute Gasteiger partial charge is 0.325 e. The molecule has 0 saturated carbocycles. The molecule has 0 aliphatic rings. The molecule has 1 aromatic carbocycles. The van der Waals surface area contributed by atoms with E-state index in [1.54, 1.807) is 19.1 Å². The van der Waals surface area contributed by atoms with Gasteiger partial charge in [-0.3, -0.25) is 9.59 Å². The number of halogens is 2. The van der Waals surface area contributed by atoms with Crippen LogP contribution >= 0.6 is 23.2 Å². The van der Waals surface area contributed by atoms with E-state index < -0.39 is 5.97 Å². The highest BCUT2D eigenvalue weighted by atomic mass is 35.5. The van der Waals surface area contributed by atoms with Crippen molar-refractivity contribution in [2.45, 2.75) is 6.92 Å². The van der Waals surface area contributed by atoms with Crippen LogP contribution in [0.25, 0.3) is 0 Å². The lowest BCUT2D eigenvalue weighted by molar-refractivity contribution is -0.147. The maximum absolute atomic E-state index is 11.9. The molecule has 0 unspecified atom stereocenters. The van der Waals surface area contributed by atoms with Crippen molar-refractivity contribution in [2.24, 2.45) is 0 Å². The van der Waals surface area contributed by atoms with Gasteiger partial charge in [-0.15, -0.1) is 0 Å². The van der Waals surface area contributed by atoms with E-state index in [0.29, 0.717) is 22.3 Å². The number of ether oxygens (including phenoxy) is 2. The predicted molar refractivity (Wildman–Crippen MR) is 76.2 cm³/mol. The van der Waals surface area contributed by atoms with Gasteiger partial charge in [0.1, 0.15) is 12.3 Å². The van der Waals surface area contributed by atoms with Gasteiger partial charge in [0.2, 0.25) is 0 Å². The molecular weight excluding hydrogens is 305 g/mol. The van der Waals surface area contributed by atoms with Crippen LogP contribution in [-0.2, 0) is 14.3 Å². The van der Waals surface area contributed by atoms with Gasteiger partial charge in [-0.2, -0.15) is 0 Å². The molecule has 1 amide bonds. The van der Waals surface area contributed by atoms with Crippen molar-refractivity contribution in [1.82, 2.24) is 4.90 Å². The van der Waals surface area contributed by atoms with Crippen LogP contribution in [0.1, 0.15) is 6.92 Å². The van der Waals surface area contributed by atoms with Crippen molar-refractivity contribution in [3.8, 4) is 5.75 Å². The van der Waals surface area contributed by atoms with Crippen LogP contribution in [0.2, 0.25) is 10.0 Å². The van der Waals surface area contributed by atoms with E-state index >= 15 is 0 Å². The quantitative estimate of drug-likeness (QED) is 0.755. The Bertz CT molecular complexity index is 493. The molecule has 0 saturated heterocycles. The third kappa shape index (κ3) is 4.90. The third-order valence-electron chi connectivity index (χ3n) is 2.54. The van der Waals surface area contributed by atoms with Crippen molar-refractivity contribution in [2.75, 3.05) is 26.8 Å². The largest absolute Gasteiger partial charge is 0.484 e. The van der Waals surface area contributed by atoms with Gasteiger partial charge in [0.05, 0.1) is 17.2 Å². The fourth-order valence-electron chi connectivity index (χ4n) is 1.40. The minimum atomic E-state index is -0.477. The van der Waals surface area contributed by atoms with Gasteiger partial charge in [0, 0.05) is 12.6 Å². The first-order chi connectivity index (χ1) is 9.47. The molecule has 0 atom stereocenters. The molecule has 0 radical (unpaired) electrons. The molecule has 0 bridgehead atoms. The summed E-state index contributed by atoms with van der Waals surface area (Å²) in [5, 5.41) is 0.754. The molecule has 0 aliphatic heterocycles. The van der Waals surface area contributed by atoms with E-state index in [1.807, 2.05) is 0 Å². The molecule has 1 rings (SSSR count). The maximum Gasteiger partial charge on any atom is 0.325 e. The second kappa shape index (κ2) is 7.97. The number of methoxy groups -OCH3 is 1. The molecule has 1 aromatic rings. The summed E-state index contributed by atoms with van der Waals surface area (Å²) in [6.45, 7) is 1.86. The van der Waals surface area contributed by atoms with Crippen LogP contribution in [0.5, 0.6) is 5.75 Å². The van der Waals surface area contributed by atoms with Crippen LogP contribution in [-0.4, -0.2) is 43.6 Å². The van der Waals surface area contributed by atoms with E-state index in [9.17, 15) is 9.59 Å². The Morgan fingerprint density at radius 3 is 2.50 bits per heavy atom. The van der Waals surface area contributed by atoms with Gasteiger partial charge in [0.15, 0.2) is 6.61 Å². The molecule has 0 heterocycles. The lowest BCUT2D eigenvalue weighted by Gasteiger charge is -2.19. The lowest BCUT2D eigenvalue weighted by atomic mass is 10.3. The zero-order valence-electron chi connectivity index (χ0n) is 11.2. The minimum absolute atomic E-state index is 0.101. The van der Waals surface area contributed by atoms with Crippen molar-refractivity contribution >= 4 is 35.1 Å². The highest BCUT2D eigenvalue weighted by molar-refractivity contribution is 6.42. The Labute approximate surface area is 127 Å². The fraction of sp³-hybridized carbons (Fsp3) is 0.385. The van der Waals surface area contributed by atoms with Crippen molar-refractivity contribution in [1.29, 1.82) is 0 Å². The number of esters is 1. The molecule has 0 fully saturated rings. The second-order valence-electron chi connectivity index (χ2n) is 3.85. The predicted octanol–water partition coefficient (Wildman–Crippen LogP) is 2.39. The molecule has 110 valence electrons. The zero-order valence-corrected chi connectivity index (χ0v) is 12.7. The molecule has 7 heteroatoms. The average Bonchev–Trinajstić information content (AvgIpc) is 2.45. The molecule has 0 spiro atoms. The number of likely N-dealkylation sites (N-methyl/N-ethyl adjacent to an activating group) is 1. The summed E-state index contributed by atoms with van der Waals surface area (Å²) in [6.07, 6.45) is 0. The van der Waals surface area contributed by atoms with Gasteiger partial charge in [-0.1, -0.05) is 23.2 Å². The maximum atomic E-state index is 11.9. The van der Waals surface area contributed by atoms with E-state index in [0.717, 1.165) is 0 Å². The van der Waals surface area contributed by atoms with E-state index in [1.165, 1.54) is 18.1 Å². The van der Waals surface area contributed by atoms with Crippen LogP contribution < -0.4 is 4.74 Å². The monoisotopic (exact) mass is 319 g/mol. The number of amides is 1. The van der Waals surface area contributed by atoms with Gasteiger partial charge < -0.3 is 14.4 Å². The first-order valence-corrected chi connectivity index (χ1v) is 6.66. The molecule has 5 nitrogen and oxygen atoms in total. The molecule has 0 aliphatic carbocycles. The second-order valence-corrected chi connectivity index (χ2v) is 4.66. The summed E-state index contributed by atoms with van der Waals surface area (Å²) >= 11 is 11.6. The molecule has 0 aromatic heterocycles. The van der Waals surface area contributed by atoms with Crippen molar-refractivity contribution < 1.29 is 19.1 Å². The summed E-state index contributed by atoms with van der Waals surface area (Å²) in [6, 6.07) is 4.71. The normalized spacial score (nSPS) is 10.0. The van der Waals surface area contributed by atoms with Gasteiger partial charge in [-0.05, 0) is 19.1 Å². The summed E-state index contributed by atoms with van der Waals surface area (Å²) in [4.78, 5) is 24.4. The Balaban J connectivity index is 2.56. The van der Waals surface area contributed by atoms with E-state index in [4.69, 9.17) is 27.9 Å². The fourth-order valence-corrected chi connectivity index (χ4v) is 1.69. The van der Waals surface area contributed by atoms with E-state index in [-0.39, 0.29) is 19.1 Å². The van der Waals surface area contributed by atoms with Gasteiger partial charge >= 0.3 is 5.97 Å². The molecular formula is C13H15Cl2NO4. The summed E-state index contributed by atoms with van der Waals surface area (Å²) in [7, 11) is 1.27. The topological polar surface area (TPSA) is 55.8 Å². The number of hydrogen-bond donors (Lipinski definition) is 0. The Morgan fingerprint density at radius 2 is 1.95 bits per heavy atom. The molecule has 0 N–H and O–H groups in total. The highest BCUT2D eigenvalue weighted by Crippen LogP contribution is 2.26. The molecule has 20 heavy (non-hydrogen) atoms. The summed E-state index contributed by atoms with van der Waals surface area (Å²) in [5.41, 5.74) is 0. The summed E-state index contributed by atoms with van der Waals surface area (Å²) in [5.74, 6) is -0.361. The first kappa shape index (κ1) is 16.6. The van der Waals surface area contributed by atoms with Crippen LogP contribution in [0.3, 0.4) is 0 Å². The van der Waals surface area contributed by atoms with Crippen LogP contribution in [0.15, 0.2) is 18.2 Å². The standard InChI is InChI=1S/C13H15Cl2NO4/c1-3-16(7-13(18)19-2)12(17)8-20-9-4-5-10(14)11(15)6-9/h4-6H,3,7-8H2,1-2H3. The van der Waals surface area contributed by atoms with Crippen molar-refractivity contribution in [3.63, 3.8) is 0 Å². The Hall–Kier alpha value is -1.46. The van der Waals surface area contributed by atoms with E-state index in [2.05, 4.69) is 4.74 Å². The third-order valence-corrected chi connectivity index (χ3v) is 3.27.